The molecule has 1 aromatic rings. The van der Waals surface area contributed by atoms with Crippen LogP contribution in [0.5, 0.6) is 0 Å². The molecule has 0 unspecified atom stereocenters. The third kappa shape index (κ3) is 20.8. The summed E-state index contributed by atoms with van der Waals surface area (Å²) >= 11 is 0. The highest BCUT2D eigenvalue weighted by Crippen LogP contribution is 2.19. The minimum Gasteiger partial charge on any atom is -0.480 e. The summed E-state index contributed by atoms with van der Waals surface area (Å²) in [4.78, 5) is 136. The third-order valence-corrected chi connectivity index (χ3v) is 13.6. The Kier molecular flexibility index (Phi) is 28.5. The number of carboxylic acid groups (broad SMARTS) is 1. The van der Waals surface area contributed by atoms with E-state index in [-0.39, 0.29) is 31.8 Å². The number of aliphatic hydroxyl groups is 2. The van der Waals surface area contributed by atoms with Crippen LogP contribution in [0.1, 0.15) is 112 Å². The van der Waals surface area contributed by atoms with E-state index in [2.05, 4.69) is 47.9 Å². The number of unbranched alkanes of at least 4 members (excludes halogenated alkanes) is 1. The molecule has 0 saturated carbocycles. The Balaban J connectivity index is 2.31. The first kappa shape index (κ1) is 64.9. The Morgan fingerprint density at radius 3 is 1.64 bits per heavy atom. The number of amides is 9. The number of likely N-dealkylation sites (N-methyl/N-ethyl adjacent to an activating group) is 1. The van der Waals surface area contributed by atoms with Crippen LogP contribution in [0.15, 0.2) is 30.3 Å². The normalized spacial score (nSPS) is 18.1. The summed E-state index contributed by atoms with van der Waals surface area (Å²) in [5.74, 6) is -9.62. The van der Waals surface area contributed by atoms with E-state index in [0.717, 1.165) is 0 Å². The van der Waals surface area contributed by atoms with Crippen LogP contribution in [0.4, 0.5) is 0 Å². The van der Waals surface area contributed by atoms with Gasteiger partial charge in [0.05, 0.1) is 25.3 Å². The number of aliphatic hydroxyl groups excluding tert-OH is 2. The van der Waals surface area contributed by atoms with Gasteiger partial charge in [0.15, 0.2) is 0 Å². The molecule has 0 aliphatic carbocycles. The van der Waals surface area contributed by atoms with E-state index in [1.165, 1.54) is 18.7 Å². The molecule has 1 aliphatic heterocycles. The van der Waals surface area contributed by atoms with Gasteiger partial charge in [-0.25, -0.2) is 4.79 Å². The number of nitrogens with one attached hydrogen (secondary N) is 9. The smallest absolute Gasteiger partial charge is 0.326 e. The second-order valence-corrected chi connectivity index (χ2v) is 19.6. The SMILES string of the molecule is CC[C@H](C)[C@H](NC(=O)[C@@H](NC(=O)[C@H](Cc1ccccc1)NC(=O)[C@@H](NC(=O)[C@@H](NC(=O)[C@H](CCCCN)NC(=O)CNC(=O)[C@@H](NC(=O)[C@@H]1CCCN1C(=O)CNC)[C@@H](C)O)[C@@H](C)O)[C@@H](C)CC)[C@@H](C)CC)C(=O)O. The highest BCUT2D eigenvalue weighted by Gasteiger charge is 2.39. The number of carbonyl (C=O) groups excluding carboxylic acids is 9. The molecule has 13 atom stereocenters. The van der Waals surface area contributed by atoms with Crippen molar-refractivity contribution in [2.24, 2.45) is 23.5 Å². The summed E-state index contributed by atoms with van der Waals surface area (Å²) in [6.07, 6.45) is -0.127. The molecule has 1 saturated heterocycles. The van der Waals surface area contributed by atoms with Crippen LogP contribution in [0.25, 0.3) is 0 Å². The van der Waals surface area contributed by atoms with Gasteiger partial charge < -0.3 is 73.8 Å². The molecule has 0 radical (unpaired) electrons. The molecule has 2 rings (SSSR count). The summed E-state index contributed by atoms with van der Waals surface area (Å²) in [6, 6.07) is -1.76. The van der Waals surface area contributed by atoms with Crippen LogP contribution in [0.3, 0.4) is 0 Å². The van der Waals surface area contributed by atoms with Crippen molar-refractivity contribution in [3.63, 3.8) is 0 Å². The lowest BCUT2D eigenvalue weighted by atomic mass is 9.94. The van der Waals surface area contributed by atoms with E-state index in [1.807, 2.05) is 0 Å². The van der Waals surface area contributed by atoms with Gasteiger partial charge in [0.25, 0.3) is 0 Å². The Morgan fingerprint density at radius 1 is 0.613 bits per heavy atom. The van der Waals surface area contributed by atoms with Gasteiger partial charge in [0.2, 0.25) is 53.2 Å². The molecule has 1 heterocycles. The number of hydrogen-bond acceptors (Lipinski definition) is 14. The third-order valence-electron chi connectivity index (χ3n) is 13.6. The predicted molar refractivity (Wildman–Crippen MR) is 278 cm³/mol. The Morgan fingerprint density at radius 2 is 1.11 bits per heavy atom. The lowest BCUT2D eigenvalue weighted by molar-refractivity contribution is -0.144. The van der Waals surface area contributed by atoms with Crippen LogP contribution in [0.2, 0.25) is 0 Å². The number of benzene rings is 1. The number of carbonyl (C=O) groups is 10. The fraction of sp³-hybridized carbons (Fsp3) is 0.686. The monoisotopic (exact) mass is 1060 g/mol. The second-order valence-electron chi connectivity index (χ2n) is 19.6. The summed E-state index contributed by atoms with van der Waals surface area (Å²) in [5, 5.41) is 54.4. The largest absolute Gasteiger partial charge is 0.480 e. The quantitative estimate of drug-likeness (QED) is 0.0341. The molecule has 24 nitrogen and oxygen atoms in total. The molecule has 1 aromatic carbocycles. The van der Waals surface area contributed by atoms with Gasteiger partial charge in [-0.05, 0) is 82.9 Å². The standard InChI is InChI=1S/C51H85N11O13/c1-10-28(4)39(48(71)56-35(25-33-19-14-13-15-20-33)45(68)57-40(29(5)11-2)49(72)59-41(51(74)75)30(6)12-3)58-50(73)43(32(8)64)60-44(67)34(21-16-17-23-52)55-37(65)26-54-47(70)42(31(7)63)61-46(69)36-22-18-24-62(36)38(66)27-53-9/h13-15,19-20,28-32,34-36,39-43,53,63-64H,10-12,16-18,21-27,52H2,1-9H3,(H,54,70)(H,55,65)(H,56,71)(H,57,68)(H,58,73)(H,59,72)(H,60,67)(H,61,69)(H,74,75)/t28-,29-,30-,31+,32+,34-,35-,36-,39-,40-,41-,42-,43-/m0/s1. The summed E-state index contributed by atoms with van der Waals surface area (Å²) in [6.45, 7) is 12.8. The van der Waals surface area contributed by atoms with Gasteiger partial charge in [-0.3, -0.25) is 43.2 Å². The molecular formula is C51H85N11O13. The molecule has 24 heteroatoms. The van der Waals surface area contributed by atoms with E-state index in [0.29, 0.717) is 57.1 Å². The zero-order valence-corrected chi connectivity index (χ0v) is 45.0. The lowest BCUT2D eigenvalue weighted by Crippen LogP contribution is -2.63. The Bertz CT molecular complexity index is 2060. The number of rotatable bonds is 33. The van der Waals surface area contributed by atoms with Gasteiger partial charge in [0, 0.05) is 13.0 Å². The molecule has 0 spiro atoms. The number of nitrogens with two attached hydrogens (primary N) is 1. The topological polar surface area (TPSA) is 369 Å². The van der Waals surface area contributed by atoms with Crippen molar-refractivity contribution >= 4 is 59.1 Å². The summed E-state index contributed by atoms with van der Waals surface area (Å²) < 4.78 is 0. The number of nitrogens with zero attached hydrogens (tertiary/aromatic N) is 1. The molecule has 75 heavy (non-hydrogen) atoms. The first-order valence-electron chi connectivity index (χ1n) is 26.1. The maximum Gasteiger partial charge on any atom is 0.326 e. The van der Waals surface area contributed by atoms with Crippen molar-refractivity contribution in [3.8, 4) is 0 Å². The van der Waals surface area contributed by atoms with Crippen molar-refractivity contribution in [2.75, 3.05) is 33.2 Å². The van der Waals surface area contributed by atoms with Crippen molar-refractivity contribution in [2.45, 2.75) is 174 Å². The van der Waals surface area contributed by atoms with Crippen LogP contribution >= 0.6 is 0 Å². The molecule has 9 amide bonds. The van der Waals surface area contributed by atoms with Gasteiger partial charge in [-0.2, -0.15) is 0 Å². The highest BCUT2D eigenvalue weighted by atomic mass is 16.4. The fourth-order valence-corrected chi connectivity index (χ4v) is 8.34. The second kappa shape index (κ2) is 32.9. The maximum atomic E-state index is 14.3. The molecule has 1 aliphatic rings. The highest BCUT2D eigenvalue weighted by molar-refractivity contribution is 5.98. The number of aliphatic carboxylic acids is 1. The van der Waals surface area contributed by atoms with Crippen LogP contribution in [0, 0.1) is 17.8 Å². The predicted octanol–water partition coefficient (Wildman–Crippen LogP) is -1.94. The molecule has 1 fully saturated rings. The van der Waals surface area contributed by atoms with E-state index >= 15 is 0 Å². The molecule has 422 valence electrons. The molecular weight excluding hydrogens is 975 g/mol. The van der Waals surface area contributed by atoms with Gasteiger partial charge in [-0.1, -0.05) is 91.1 Å². The number of hydrogen-bond donors (Lipinski definition) is 13. The van der Waals surface area contributed by atoms with Crippen molar-refractivity contribution < 1.29 is 63.3 Å². The zero-order chi connectivity index (χ0) is 56.5. The van der Waals surface area contributed by atoms with E-state index < -0.39 is 138 Å². The molecule has 0 aromatic heterocycles. The van der Waals surface area contributed by atoms with E-state index in [1.54, 1.807) is 78.9 Å². The first-order chi connectivity index (χ1) is 35.5. The maximum absolute atomic E-state index is 14.3. The van der Waals surface area contributed by atoms with Crippen LogP contribution in [-0.4, -0.2) is 173 Å². The summed E-state index contributed by atoms with van der Waals surface area (Å²) in [7, 11) is 1.59. The van der Waals surface area contributed by atoms with Crippen LogP contribution in [-0.2, 0) is 54.4 Å². The van der Waals surface area contributed by atoms with Crippen molar-refractivity contribution in [3.05, 3.63) is 35.9 Å². The number of likely N-dealkylation sites (tertiary alicyclic amines) is 1. The Hall–Kier alpha value is -6.24. The van der Waals surface area contributed by atoms with E-state index in [9.17, 15) is 63.3 Å². The minimum absolute atomic E-state index is 0.000799. The average molecular weight is 1060 g/mol. The first-order valence-corrected chi connectivity index (χ1v) is 26.1. The Labute approximate surface area is 440 Å². The van der Waals surface area contributed by atoms with Crippen LogP contribution < -0.4 is 53.6 Å². The lowest BCUT2D eigenvalue weighted by Gasteiger charge is -2.31. The summed E-state index contributed by atoms with van der Waals surface area (Å²) in [5.41, 5.74) is 6.33. The van der Waals surface area contributed by atoms with Crippen molar-refractivity contribution in [1.29, 1.82) is 0 Å². The molecule has 0 bridgehead atoms. The zero-order valence-electron chi connectivity index (χ0n) is 45.0. The minimum atomic E-state index is -1.69. The van der Waals surface area contributed by atoms with Gasteiger partial charge in [0.1, 0.15) is 48.3 Å². The average Bonchev–Trinajstić information content (AvgIpc) is 3.88. The fourth-order valence-electron chi connectivity index (χ4n) is 8.34. The molecule has 14 N–H and O–H groups in total. The van der Waals surface area contributed by atoms with Gasteiger partial charge in [-0.15, -0.1) is 0 Å². The van der Waals surface area contributed by atoms with Gasteiger partial charge >= 0.3 is 5.97 Å². The van der Waals surface area contributed by atoms with E-state index in [4.69, 9.17) is 5.73 Å². The van der Waals surface area contributed by atoms with Crippen molar-refractivity contribution in [1.82, 2.24) is 52.8 Å². The number of carboxylic acids is 1.